The molecule has 250 valence electrons. The fraction of sp³-hybridized carbons (Fsp3) is 0.536. The van der Waals surface area contributed by atoms with Gasteiger partial charge in [0.25, 0.3) is 17.7 Å². The van der Waals surface area contributed by atoms with E-state index in [1.54, 1.807) is 6.07 Å². The van der Waals surface area contributed by atoms with E-state index in [0.717, 1.165) is 0 Å². The third kappa shape index (κ3) is 6.40. The number of nitrogen functional groups attached to an aromatic ring is 1. The zero-order valence-electron chi connectivity index (χ0n) is 24.8. The lowest BCUT2D eigenvalue weighted by Crippen LogP contribution is -2.62. The van der Waals surface area contributed by atoms with E-state index in [2.05, 4.69) is 20.4 Å². The Hall–Kier alpha value is -4.19. The van der Waals surface area contributed by atoms with E-state index in [9.17, 15) is 41.0 Å². The highest BCUT2D eigenvalue weighted by Crippen LogP contribution is 2.34. The zero-order valence-corrected chi connectivity index (χ0v) is 24.8. The van der Waals surface area contributed by atoms with Crippen molar-refractivity contribution >= 4 is 23.1 Å². The van der Waals surface area contributed by atoms with E-state index in [0.29, 0.717) is 34.2 Å². The SMILES string of the molecule is COc1ncc(-c2cc(CN3CCC(F)(F)CC3)c3c(N)ncnn23)cc1C(=O)NC1CN(C(=O)C(C)(O)C(F)(F)F)CCC1F. The van der Waals surface area contributed by atoms with Crippen LogP contribution in [0.4, 0.5) is 32.2 Å². The van der Waals surface area contributed by atoms with Gasteiger partial charge in [0.05, 0.1) is 18.8 Å². The number of halogens is 6. The van der Waals surface area contributed by atoms with Crippen molar-refractivity contribution < 1.29 is 45.8 Å². The Kier molecular flexibility index (Phi) is 8.80. The second kappa shape index (κ2) is 12.2. The third-order valence-corrected chi connectivity index (χ3v) is 8.33. The number of carbonyl (C=O) groups excluding carboxylic acids is 2. The van der Waals surface area contributed by atoms with Gasteiger partial charge in [0, 0.05) is 57.3 Å². The number of piperidine rings is 2. The predicted molar refractivity (Wildman–Crippen MR) is 151 cm³/mol. The monoisotopic (exact) mass is 658 g/mol. The number of nitrogens with two attached hydrogens (primary N) is 1. The second-order valence-electron chi connectivity index (χ2n) is 11.6. The summed E-state index contributed by atoms with van der Waals surface area (Å²) < 4.78 is 88.9. The molecular weight excluding hydrogens is 626 g/mol. The minimum absolute atomic E-state index is 0.132. The van der Waals surface area contributed by atoms with E-state index in [4.69, 9.17) is 10.5 Å². The van der Waals surface area contributed by atoms with Crippen molar-refractivity contribution in [1.82, 2.24) is 34.7 Å². The molecule has 4 N–H and O–H groups in total. The molecule has 2 fully saturated rings. The molecular formula is C28H32F6N8O4. The Morgan fingerprint density at radius 3 is 2.52 bits per heavy atom. The number of nitrogens with one attached hydrogen (secondary N) is 1. The van der Waals surface area contributed by atoms with Gasteiger partial charge in [-0.2, -0.15) is 18.3 Å². The maximum atomic E-state index is 14.9. The lowest BCUT2D eigenvalue weighted by Gasteiger charge is -2.39. The van der Waals surface area contributed by atoms with Gasteiger partial charge in [-0.15, -0.1) is 0 Å². The second-order valence-corrected chi connectivity index (χ2v) is 11.6. The van der Waals surface area contributed by atoms with Crippen molar-refractivity contribution in [2.24, 2.45) is 0 Å². The van der Waals surface area contributed by atoms with Crippen molar-refractivity contribution in [2.45, 2.75) is 62.6 Å². The van der Waals surface area contributed by atoms with E-state index < -0.39 is 54.8 Å². The summed E-state index contributed by atoms with van der Waals surface area (Å²) in [5, 5.41) is 16.5. The highest BCUT2D eigenvalue weighted by molar-refractivity contribution is 5.98. The number of rotatable bonds is 7. The maximum absolute atomic E-state index is 14.9. The normalized spacial score (nSPS) is 22.0. The van der Waals surface area contributed by atoms with Gasteiger partial charge >= 0.3 is 6.18 Å². The van der Waals surface area contributed by atoms with Crippen molar-refractivity contribution in [3.05, 3.63) is 35.8 Å². The average Bonchev–Trinajstić information content (AvgIpc) is 3.37. The van der Waals surface area contributed by atoms with Crippen LogP contribution in [0.2, 0.25) is 0 Å². The standard InChI is InChI=1S/C28H32F6N8O4/c1-26(45,28(32,33)34)25(44)41-6-3-18(29)19(13-41)39-23(43)17-9-15(11-36-24(17)46-2)20-10-16(21-22(35)37-14-38-42(20)21)12-40-7-4-27(30,31)5-8-40/h9-11,14,18-19,45H,3-8,12-13H2,1-2H3,(H,39,43)(H2,35,37,38). The Labute approximate surface area is 258 Å². The molecule has 2 aliphatic heterocycles. The highest BCUT2D eigenvalue weighted by atomic mass is 19.4. The summed E-state index contributed by atoms with van der Waals surface area (Å²) in [6, 6.07) is 1.69. The first-order valence-corrected chi connectivity index (χ1v) is 14.3. The molecule has 46 heavy (non-hydrogen) atoms. The van der Waals surface area contributed by atoms with Crippen molar-refractivity contribution in [3.8, 4) is 17.1 Å². The zero-order chi connectivity index (χ0) is 33.6. The molecule has 2 aliphatic rings. The number of anilines is 1. The number of hydrogen-bond acceptors (Lipinski definition) is 9. The number of aliphatic hydroxyl groups is 1. The highest BCUT2D eigenvalue weighted by Gasteiger charge is 2.57. The van der Waals surface area contributed by atoms with E-state index in [1.165, 1.54) is 30.2 Å². The smallest absolute Gasteiger partial charge is 0.426 e. The summed E-state index contributed by atoms with van der Waals surface area (Å²) in [6.45, 7) is -0.118. The first kappa shape index (κ1) is 33.2. The molecule has 0 aromatic carbocycles. The van der Waals surface area contributed by atoms with Gasteiger partial charge in [-0.25, -0.2) is 27.7 Å². The van der Waals surface area contributed by atoms with Crippen LogP contribution in [0.15, 0.2) is 24.7 Å². The number of nitrogens with zero attached hydrogens (tertiary/aromatic N) is 6. The molecule has 3 unspecified atom stereocenters. The summed E-state index contributed by atoms with van der Waals surface area (Å²) in [4.78, 5) is 36.7. The van der Waals surface area contributed by atoms with Crippen LogP contribution in [0.3, 0.4) is 0 Å². The summed E-state index contributed by atoms with van der Waals surface area (Å²) in [5.74, 6) is -5.30. The van der Waals surface area contributed by atoms with Crippen LogP contribution >= 0.6 is 0 Å². The minimum Gasteiger partial charge on any atom is -0.480 e. The topological polar surface area (TPSA) is 151 Å². The lowest BCUT2D eigenvalue weighted by molar-refractivity contribution is -0.250. The van der Waals surface area contributed by atoms with Gasteiger partial charge in [-0.3, -0.25) is 14.5 Å². The Morgan fingerprint density at radius 2 is 1.87 bits per heavy atom. The summed E-state index contributed by atoms with van der Waals surface area (Å²) in [7, 11) is 1.25. The van der Waals surface area contributed by atoms with Gasteiger partial charge < -0.3 is 25.8 Å². The molecule has 0 saturated carbocycles. The van der Waals surface area contributed by atoms with Crippen LogP contribution < -0.4 is 15.8 Å². The Bertz CT molecular complexity index is 1620. The molecule has 12 nitrogen and oxygen atoms in total. The van der Waals surface area contributed by atoms with Crippen LogP contribution in [0, 0.1) is 0 Å². The molecule has 0 radical (unpaired) electrons. The molecule has 3 aromatic heterocycles. The Morgan fingerprint density at radius 1 is 1.17 bits per heavy atom. The summed E-state index contributed by atoms with van der Waals surface area (Å²) in [5.41, 5.74) is 4.14. The fourth-order valence-electron chi connectivity index (χ4n) is 5.59. The van der Waals surface area contributed by atoms with E-state index >= 15 is 0 Å². The van der Waals surface area contributed by atoms with Crippen LogP contribution in [0.5, 0.6) is 5.88 Å². The summed E-state index contributed by atoms with van der Waals surface area (Å²) in [6.07, 6.45) is -5.32. The molecule has 18 heteroatoms. The minimum atomic E-state index is -5.27. The van der Waals surface area contributed by atoms with E-state index in [-0.39, 0.29) is 56.2 Å². The number of alkyl halides is 6. The number of hydrogen-bond donors (Lipinski definition) is 3. The number of likely N-dealkylation sites (tertiary alicyclic amines) is 2. The third-order valence-electron chi connectivity index (χ3n) is 8.33. The quantitative estimate of drug-likeness (QED) is 0.326. The van der Waals surface area contributed by atoms with Gasteiger partial charge in [0.1, 0.15) is 23.6 Å². The number of carbonyl (C=O) groups is 2. The summed E-state index contributed by atoms with van der Waals surface area (Å²) >= 11 is 0. The molecule has 0 bridgehead atoms. The molecule has 5 heterocycles. The number of methoxy groups -OCH3 is 1. The van der Waals surface area contributed by atoms with E-state index in [1.807, 2.05) is 4.90 Å². The molecule has 2 saturated heterocycles. The van der Waals surface area contributed by atoms with Crippen LogP contribution in [-0.4, -0.2) is 110 Å². The molecule has 3 aromatic rings. The molecule has 0 spiro atoms. The lowest BCUT2D eigenvalue weighted by atomic mass is 9.98. The largest absolute Gasteiger partial charge is 0.480 e. The number of ether oxygens (including phenoxy) is 1. The number of aromatic nitrogens is 4. The van der Waals surface area contributed by atoms with Gasteiger partial charge in [-0.1, -0.05) is 0 Å². The molecule has 0 aliphatic carbocycles. The van der Waals surface area contributed by atoms with Gasteiger partial charge in [-0.05, 0) is 31.0 Å². The van der Waals surface area contributed by atoms with Crippen LogP contribution in [-0.2, 0) is 11.3 Å². The number of amides is 2. The fourth-order valence-corrected chi connectivity index (χ4v) is 5.59. The first-order valence-electron chi connectivity index (χ1n) is 14.3. The number of fused-ring (bicyclic) bond motifs is 1. The van der Waals surface area contributed by atoms with Crippen molar-refractivity contribution in [2.75, 3.05) is 39.0 Å². The number of pyridine rings is 1. The average molecular weight is 659 g/mol. The molecule has 3 atom stereocenters. The molecule has 5 rings (SSSR count). The van der Waals surface area contributed by atoms with Crippen molar-refractivity contribution in [3.63, 3.8) is 0 Å². The Balaban J connectivity index is 1.42. The predicted octanol–water partition coefficient (Wildman–Crippen LogP) is 2.60. The molecule has 2 amide bonds. The van der Waals surface area contributed by atoms with Gasteiger partial charge in [0.15, 0.2) is 5.82 Å². The maximum Gasteiger partial charge on any atom is 0.426 e. The van der Waals surface area contributed by atoms with Crippen LogP contribution in [0.1, 0.15) is 42.1 Å². The van der Waals surface area contributed by atoms with Gasteiger partial charge in [0.2, 0.25) is 11.5 Å². The van der Waals surface area contributed by atoms with Crippen LogP contribution in [0.25, 0.3) is 16.8 Å². The first-order chi connectivity index (χ1) is 21.5. The van der Waals surface area contributed by atoms with Crippen molar-refractivity contribution in [1.29, 1.82) is 0 Å².